The molecule has 1 unspecified atom stereocenters. The molecule has 2 N–H and O–H groups in total. The van der Waals surface area contributed by atoms with Gasteiger partial charge in [-0.05, 0) is 19.4 Å². The van der Waals surface area contributed by atoms with E-state index in [1.807, 2.05) is 0 Å². The summed E-state index contributed by atoms with van der Waals surface area (Å²) in [5, 5.41) is 0. The molecule has 1 aliphatic rings. The van der Waals surface area contributed by atoms with Gasteiger partial charge in [0.05, 0.1) is 11.1 Å². The molecule has 1 saturated heterocycles. The smallest absolute Gasteiger partial charge is 0.0870 e. The Morgan fingerprint density at radius 1 is 1.69 bits per heavy atom. The second-order valence-electron chi connectivity index (χ2n) is 3.43. The molecule has 13 heavy (non-hydrogen) atoms. The molecule has 1 heterocycles. The largest absolute Gasteiger partial charge is 0.392 e. The van der Waals surface area contributed by atoms with Gasteiger partial charge >= 0.3 is 0 Å². The van der Waals surface area contributed by atoms with Gasteiger partial charge in [0.1, 0.15) is 0 Å². The Morgan fingerprint density at radius 3 is 2.92 bits per heavy atom. The van der Waals surface area contributed by atoms with Crippen LogP contribution in [0.1, 0.15) is 19.8 Å². The summed E-state index contributed by atoms with van der Waals surface area (Å²) in [5.41, 5.74) is 5.49. The number of hydrogen-bond acceptors (Lipinski definition) is 3. The lowest BCUT2D eigenvalue weighted by atomic mass is 10.2. The molecule has 1 atom stereocenters. The fraction of sp³-hybridized carbons (Fsp3) is 0.889. The molecular formula is C9H18N2OS. The van der Waals surface area contributed by atoms with Crippen LogP contribution in [0.4, 0.5) is 0 Å². The molecule has 1 fully saturated rings. The normalized spacial score (nSPS) is 22.5. The van der Waals surface area contributed by atoms with Crippen molar-refractivity contribution in [1.82, 2.24) is 4.90 Å². The Bertz CT molecular complexity index is 169. The first-order chi connectivity index (χ1) is 6.22. The van der Waals surface area contributed by atoms with E-state index >= 15 is 0 Å². The quantitative estimate of drug-likeness (QED) is 0.668. The zero-order valence-corrected chi connectivity index (χ0v) is 8.98. The van der Waals surface area contributed by atoms with Gasteiger partial charge in [-0.3, -0.25) is 4.90 Å². The molecule has 0 aliphatic carbocycles. The van der Waals surface area contributed by atoms with Crippen LogP contribution in [0.3, 0.4) is 0 Å². The van der Waals surface area contributed by atoms with Crippen molar-refractivity contribution in [3.63, 3.8) is 0 Å². The van der Waals surface area contributed by atoms with Crippen LogP contribution >= 0.6 is 12.2 Å². The molecule has 0 spiro atoms. The number of rotatable bonds is 5. The topological polar surface area (TPSA) is 38.5 Å². The van der Waals surface area contributed by atoms with Crippen molar-refractivity contribution in [2.45, 2.75) is 25.9 Å². The van der Waals surface area contributed by atoms with E-state index in [4.69, 9.17) is 22.7 Å². The fourth-order valence-corrected chi connectivity index (χ4v) is 1.78. The number of thiocarbonyl (C=S) groups is 1. The highest BCUT2D eigenvalue weighted by Gasteiger charge is 2.18. The molecule has 0 aromatic heterocycles. The number of nitrogens with two attached hydrogens (primary N) is 1. The maximum atomic E-state index is 5.54. The summed E-state index contributed by atoms with van der Waals surface area (Å²) in [5.74, 6) is 0. The first kappa shape index (κ1) is 10.9. The van der Waals surface area contributed by atoms with Crippen molar-refractivity contribution in [2.75, 3.05) is 26.2 Å². The van der Waals surface area contributed by atoms with Gasteiger partial charge in [-0.2, -0.15) is 0 Å². The monoisotopic (exact) mass is 202 g/mol. The highest BCUT2D eigenvalue weighted by atomic mass is 32.1. The van der Waals surface area contributed by atoms with E-state index in [0.29, 0.717) is 17.6 Å². The van der Waals surface area contributed by atoms with Crippen LogP contribution in [0.5, 0.6) is 0 Å². The predicted octanol–water partition coefficient (Wildman–Crippen LogP) is 0.773. The van der Waals surface area contributed by atoms with E-state index in [1.54, 1.807) is 0 Å². The molecule has 3 nitrogen and oxygen atoms in total. The summed E-state index contributed by atoms with van der Waals surface area (Å²) in [6.45, 7) is 5.69. The van der Waals surface area contributed by atoms with Gasteiger partial charge in [0, 0.05) is 19.7 Å². The second kappa shape index (κ2) is 5.52. The Hall–Kier alpha value is -0.190. The van der Waals surface area contributed by atoms with Gasteiger partial charge < -0.3 is 10.5 Å². The Morgan fingerprint density at radius 2 is 2.46 bits per heavy atom. The number of hydrogen-bond donors (Lipinski definition) is 1. The lowest BCUT2D eigenvalue weighted by Crippen LogP contribution is -2.37. The zero-order chi connectivity index (χ0) is 9.68. The summed E-state index contributed by atoms with van der Waals surface area (Å²) >= 11 is 4.87. The first-order valence-corrected chi connectivity index (χ1v) is 5.25. The molecule has 1 rings (SSSR count). The summed E-state index contributed by atoms with van der Waals surface area (Å²) in [6, 6.07) is 0. The van der Waals surface area contributed by atoms with Crippen molar-refractivity contribution < 1.29 is 4.74 Å². The lowest BCUT2D eigenvalue weighted by molar-refractivity contribution is 0.0797. The van der Waals surface area contributed by atoms with E-state index in [9.17, 15) is 0 Å². The Kier molecular flexibility index (Phi) is 4.62. The summed E-state index contributed by atoms with van der Waals surface area (Å²) in [7, 11) is 0. The van der Waals surface area contributed by atoms with Gasteiger partial charge in [0.15, 0.2) is 0 Å². The first-order valence-electron chi connectivity index (χ1n) is 4.84. The average Bonchev–Trinajstić information content (AvgIpc) is 2.55. The maximum absolute atomic E-state index is 5.54. The molecule has 0 bridgehead atoms. The van der Waals surface area contributed by atoms with E-state index in [2.05, 4.69) is 11.8 Å². The van der Waals surface area contributed by atoms with Crippen LogP contribution in [0.2, 0.25) is 0 Å². The standard InChI is InChI=1S/C9H18N2OS/c1-2-11(7-9(10)13)6-8-4-3-5-12-8/h8H,2-7H2,1H3,(H2,10,13). The average molecular weight is 202 g/mol. The van der Waals surface area contributed by atoms with Crippen molar-refractivity contribution in [3.05, 3.63) is 0 Å². The number of ether oxygens (including phenoxy) is 1. The minimum absolute atomic E-state index is 0.397. The van der Waals surface area contributed by atoms with Crippen LogP contribution < -0.4 is 5.73 Å². The van der Waals surface area contributed by atoms with Crippen molar-refractivity contribution in [1.29, 1.82) is 0 Å². The van der Waals surface area contributed by atoms with Gasteiger partial charge in [-0.25, -0.2) is 0 Å². The molecule has 76 valence electrons. The fourth-order valence-electron chi connectivity index (χ4n) is 1.60. The van der Waals surface area contributed by atoms with Crippen molar-refractivity contribution in [2.24, 2.45) is 5.73 Å². The Labute approximate surface area is 85.2 Å². The van der Waals surface area contributed by atoms with E-state index in [-0.39, 0.29) is 0 Å². The Balaban J connectivity index is 2.25. The molecule has 0 aromatic carbocycles. The molecule has 0 amide bonds. The molecular weight excluding hydrogens is 184 g/mol. The minimum atomic E-state index is 0.397. The zero-order valence-electron chi connectivity index (χ0n) is 8.16. The van der Waals surface area contributed by atoms with E-state index in [1.165, 1.54) is 12.8 Å². The van der Waals surface area contributed by atoms with Gasteiger partial charge in [0.25, 0.3) is 0 Å². The maximum Gasteiger partial charge on any atom is 0.0870 e. The highest BCUT2D eigenvalue weighted by Crippen LogP contribution is 2.12. The predicted molar refractivity (Wildman–Crippen MR) is 57.9 cm³/mol. The summed E-state index contributed by atoms with van der Waals surface area (Å²) < 4.78 is 5.54. The third kappa shape index (κ3) is 4.02. The van der Waals surface area contributed by atoms with E-state index < -0.39 is 0 Å². The van der Waals surface area contributed by atoms with Gasteiger partial charge in [-0.15, -0.1) is 0 Å². The highest BCUT2D eigenvalue weighted by molar-refractivity contribution is 7.80. The lowest BCUT2D eigenvalue weighted by Gasteiger charge is -2.22. The molecule has 0 aromatic rings. The summed E-state index contributed by atoms with van der Waals surface area (Å²) in [6.07, 6.45) is 2.76. The van der Waals surface area contributed by atoms with E-state index in [0.717, 1.165) is 19.7 Å². The minimum Gasteiger partial charge on any atom is -0.392 e. The van der Waals surface area contributed by atoms with Crippen LogP contribution in [-0.2, 0) is 4.74 Å². The van der Waals surface area contributed by atoms with Gasteiger partial charge in [-0.1, -0.05) is 19.1 Å². The molecule has 0 radical (unpaired) electrons. The van der Waals surface area contributed by atoms with Crippen LogP contribution in [0, 0.1) is 0 Å². The third-order valence-electron chi connectivity index (χ3n) is 2.31. The van der Waals surface area contributed by atoms with Crippen molar-refractivity contribution in [3.8, 4) is 0 Å². The SMILES string of the molecule is CCN(CC(N)=S)CC1CCCO1. The summed E-state index contributed by atoms with van der Waals surface area (Å²) in [4.78, 5) is 2.80. The molecule has 1 aliphatic heterocycles. The van der Waals surface area contributed by atoms with Gasteiger partial charge in [0.2, 0.25) is 0 Å². The van der Waals surface area contributed by atoms with Crippen LogP contribution in [0.15, 0.2) is 0 Å². The number of nitrogens with zero attached hydrogens (tertiary/aromatic N) is 1. The van der Waals surface area contributed by atoms with Crippen LogP contribution in [-0.4, -0.2) is 42.2 Å². The number of likely N-dealkylation sites (N-methyl/N-ethyl adjacent to an activating group) is 1. The van der Waals surface area contributed by atoms with Crippen molar-refractivity contribution >= 4 is 17.2 Å². The second-order valence-corrected chi connectivity index (χ2v) is 3.95. The molecule has 0 saturated carbocycles. The molecule has 4 heteroatoms. The van der Waals surface area contributed by atoms with Crippen LogP contribution in [0.25, 0.3) is 0 Å². The third-order valence-corrected chi connectivity index (χ3v) is 2.44.